The lowest BCUT2D eigenvalue weighted by molar-refractivity contribution is 0.129. The molecule has 4 rings (SSSR count). The summed E-state index contributed by atoms with van der Waals surface area (Å²) in [7, 11) is 0. The monoisotopic (exact) mass is 352 g/mol. The van der Waals surface area contributed by atoms with Gasteiger partial charge < -0.3 is 9.47 Å². The zero-order chi connectivity index (χ0) is 17.8. The summed E-state index contributed by atoms with van der Waals surface area (Å²) in [5.41, 5.74) is 2.38. The molecule has 2 fully saturated rings. The highest BCUT2D eigenvalue weighted by Crippen LogP contribution is 2.28. The second-order valence-corrected chi connectivity index (χ2v) is 8.35. The fraction of sp³-hybridized carbons (Fsp3) is 0.636. The van der Waals surface area contributed by atoms with Crippen molar-refractivity contribution in [3.63, 3.8) is 0 Å². The van der Waals surface area contributed by atoms with Gasteiger partial charge in [0.15, 0.2) is 0 Å². The third kappa shape index (κ3) is 4.17. The summed E-state index contributed by atoms with van der Waals surface area (Å²) < 4.78 is 2.41. The van der Waals surface area contributed by atoms with Gasteiger partial charge in [-0.2, -0.15) is 0 Å². The van der Waals surface area contributed by atoms with Gasteiger partial charge in [-0.3, -0.25) is 4.98 Å². The number of pyridine rings is 1. The maximum atomic E-state index is 4.67. The average Bonchev–Trinajstić information content (AvgIpc) is 3.04. The lowest BCUT2D eigenvalue weighted by atomic mass is 9.88. The Hall–Kier alpha value is -1.68. The fourth-order valence-electron chi connectivity index (χ4n) is 4.88. The van der Waals surface area contributed by atoms with Crippen LogP contribution >= 0.6 is 0 Å². The van der Waals surface area contributed by atoms with Gasteiger partial charge in [-0.05, 0) is 63.1 Å². The molecule has 0 aromatic carbocycles. The third-order valence-electron chi connectivity index (χ3n) is 6.26. The van der Waals surface area contributed by atoms with Crippen LogP contribution in [0.4, 0.5) is 0 Å². The second-order valence-electron chi connectivity index (χ2n) is 8.35. The molecule has 0 N–H and O–H groups in total. The van der Waals surface area contributed by atoms with Crippen molar-refractivity contribution in [3.05, 3.63) is 36.4 Å². The number of hydrogen-bond donors (Lipinski definition) is 0. The lowest BCUT2D eigenvalue weighted by Gasteiger charge is -2.36. The van der Waals surface area contributed by atoms with Gasteiger partial charge in [0, 0.05) is 49.5 Å². The predicted molar refractivity (Wildman–Crippen MR) is 106 cm³/mol. The Morgan fingerprint density at radius 3 is 2.65 bits per heavy atom. The number of aromatic nitrogens is 3. The highest BCUT2D eigenvalue weighted by atomic mass is 15.1. The molecule has 3 heterocycles. The van der Waals surface area contributed by atoms with Crippen LogP contribution in [0.15, 0.2) is 30.7 Å². The minimum absolute atomic E-state index is 0.732. The Morgan fingerprint density at radius 2 is 1.85 bits per heavy atom. The van der Waals surface area contributed by atoms with Crippen LogP contribution in [0, 0.1) is 18.8 Å². The SMILES string of the molecule is Cc1cnc(-c2cccnc2)n1CC1CCCN(CC2CCCCC2)C1. The van der Waals surface area contributed by atoms with Crippen molar-refractivity contribution in [2.24, 2.45) is 11.8 Å². The zero-order valence-electron chi connectivity index (χ0n) is 16.1. The second kappa shape index (κ2) is 8.34. The largest absolute Gasteiger partial charge is 0.328 e. The van der Waals surface area contributed by atoms with Crippen LogP contribution in [0.25, 0.3) is 11.4 Å². The van der Waals surface area contributed by atoms with Crippen LogP contribution in [0.2, 0.25) is 0 Å². The molecule has 140 valence electrons. The quantitative estimate of drug-likeness (QED) is 0.792. The summed E-state index contributed by atoms with van der Waals surface area (Å²) in [5, 5.41) is 0. The van der Waals surface area contributed by atoms with Crippen molar-refractivity contribution >= 4 is 0 Å². The first-order valence-corrected chi connectivity index (χ1v) is 10.4. The van der Waals surface area contributed by atoms with Crippen molar-refractivity contribution in [2.45, 2.75) is 58.4 Å². The van der Waals surface area contributed by atoms with E-state index in [4.69, 9.17) is 0 Å². The Bertz CT molecular complexity index is 687. The van der Waals surface area contributed by atoms with Gasteiger partial charge >= 0.3 is 0 Å². The third-order valence-corrected chi connectivity index (χ3v) is 6.26. The van der Waals surface area contributed by atoms with E-state index < -0.39 is 0 Å². The van der Waals surface area contributed by atoms with E-state index in [0.29, 0.717) is 0 Å². The molecule has 2 aromatic rings. The van der Waals surface area contributed by atoms with E-state index >= 15 is 0 Å². The molecule has 26 heavy (non-hydrogen) atoms. The fourth-order valence-corrected chi connectivity index (χ4v) is 4.88. The number of hydrogen-bond acceptors (Lipinski definition) is 3. The van der Waals surface area contributed by atoms with Crippen LogP contribution in [0.3, 0.4) is 0 Å². The van der Waals surface area contributed by atoms with Gasteiger partial charge in [0.2, 0.25) is 0 Å². The molecule has 1 atom stereocenters. The van der Waals surface area contributed by atoms with Crippen LogP contribution in [-0.4, -0.2) is 39.1 Å². The molecule has 0 bridgehead atoms. The summed E-state index contributed by atoms with van der Waals surface area (Å²) >= 11 is 0. The normalized spacial score (nSPS) is 22.6. The average molecular weight is 353 g/mol. The number of nitrogens with zero attached hydrogens (tertiary/aromatic N) is 4. The Morgan fingerprint density at radius 1 is 1.00 bits per heavy atom. The zero-order valence-corrected chi connectivity index (χ0v) is 16.1. The summed E-state index contributed by atoms with van der Waals surface area (Å²) in [5.74, 6) is 2.75. The number of imidazole rings is 1. The molecule has 4 nitrogen and oxygen atoms in total. The first-order valence-electron chi connectivity index (χ1n) is 10.4. The molecule has 1 saturated carbocycles. The van der Waals surface area contributed by atoms with E-state index in [0.717, 1.165) is 29.8 Å². The van der Waals surface area contributed by atoms with E-state index in [2.05, 4.69) is 32.4 Å². The highest BCUT2D eigenvalue weighted by Gasteiger charge is 2.24. The molecule has 1 aliphatic carbocycles. The Kier molecular flexibility index (Phi) is 5.68. The molecule has 4 heteroatoms. The lowest BCUT2D eigenvalue weighted by Crippen LogP contribution is -2.40. The number of aryl methyl sites for hydroxylation is 1. The van der Waals surface area contributed by atoms with E-state index in [1.165, 1.54) is 70.3 Å². The molecule has 1 unspecified atom stereocenters. The van der Waals surface area contributed by atoms with Gasteiger partial charge in [0.25, 0.3) is 0 Å². The van der Waals surface area contributed by atoms with Crippen LogP contribution < -0.4 is 0 Å². The van der Waals surface area contributed by atoms with Crippen LogP contribution in [0.5, 0.6) is 0 Å². The maximum Gasteiger partial charge on any atom is 0.141 e. The standard InChI is InChI=1S/C22H32N4/c1-18-13-24-22(21-10-5-11-23-14-21)26(18)17-20-9-6-12-25(16-20)15-19-7-3-2-4-8-19/h5,10-11,13-14,19-20H,2-4,6-9,12,15-17H2,1H3. The van der Waals surface area contributed by atoms with Crippen molar-refractivity contribution in [1.29, 1.82) is 0 Å². The summed E-state index contributed by atoms with van der Waals surface area (Å²) in [6.45, 7) is 7.13. The van der Waals surface area contributed by atoms with Gasteiger partial charge in [0.1, 0.15) is 5.82 Å². The van der Waals surface area contributed by atoms with Crippen molar-refractivity contribution in [1.82, 2.24) is 19.4 Å². The molecule has 1 aliphatic heterocycles. The molecule has 1 saturated heterocycles. The van der Waals surface area contributed by atoms with E-state index in [-0.39, 0.29) is 0 Å². The van der Waals surface area contributed by atoms with Gasteiger partial charge in [-0.1, -0.05) is 19.3 Å². The molecule has 0 radical (unpaired) electrons. The van der Waals surface area contributed by atoms with E-state index in [1.807, 2.05) is 24.7 Å². The number of likely N-dealkylation sites (tertiary alicyclic amines) is 1. The number of piperidine rings is 1. The van der Waals surface area contributed by atoms with Crippen molar-refractivity contribution in [2.75, 3.05) is 19.6 Å². The topological polar surface area (TPSA) is 34.0 Å². The maximum absolute atomic E-state index is 4.67. The molecule has 0 amide bonds. The molecular formula is C22H32N4. The van der Waals surface area contributed by atoms with E-state index in [1.54, 1.807) is 0 Å². The van der Waals surface area contributed by atoms with Gasteiger partial charge in [0.05, 0.1) is 0 Å². The molecular weight excluding hydrogens is 320 g/mol. The first-order chi connectivity index (χ1) is 12.8. The summed E-state index contributed by atoms with van der Waals surface area (Å²) in [4.78, 5) is 11.7. The molecule has 2 aromatic heterocycles. The Labute approximate surface area is 157 Å². The highest BCUT2D eigenvalue weighted by molar-refractivity contribution is 5.54. The van der Waals surface area contributed by atoms with Crippen molar-refractivity contribution < 1.29 is 0 Å². The van der Waals surface area contributed by atoms with Crippen molar-refractivity contribution in [3.8, 4) is 11.4 Å². The Balaban J connectivity index is 1.41. The predicted octanol–water partition coefficient (Wildman–Crippen LogP) is 4.55. The smallest absolute Gasteiger partial charge is 0.141 e. The molecule has 2 aliphatic rings. The minimum Gasteiger partial charge on any atom is -0.328 e. The summed E-state index contributed by atoms with van der Waals surface area (Å²) in [6.07, 6.45) is 15.7. The summed E-state index contributed by atoms with van der Waals surface area (Å²) in [6, 6.07) is 4.11. The first kappa shape index (κ1) is 17.7. The van der Waals surface area contributed by atoms with Crippen LogP contribution in [-0.2, 0) is 6.54 Å². The minimum atomic E-state index is 0.732. The number of rotatable bonds is 5. The van der Waals surface area contributed by atoms with Gasteiger partial charge in [-0.25, -0.2) is 4.98 Å². The molecule has 0 spiro atoms. The van der Waals surface area contributed by atoms with Crippen LogP contribution in [0.1, 0.15) is 50.6 Å². The van der Waals surface area contributed by atoms with Gasteiger partial charge in [-0.15, -0.1) is 0 Å². The van der Waals surface area contributed by atoms with E-state index in [9.17, 15) is 0 Å².